The summed E-state index contributed by atoms with van der Waals surface area (Å²) in [5, 5.41) is 15.3. The van der Waals surface area contributed by atoms with E-state index in [9.17, 15) is 9.59 Å². The van der Waals surface area contributed by atoms with Gasteiger partial charge in [0.25, 0.3) is 0 Å². The molecule has 0 fully saturated rings. The van der Waals surface area contributed by atoms with Crippen molar-refractivity contribution in [2.75, 3.05) is 6.54 Å². The van der Waals surface area contributed by atoms with E-state index >= 15 is 0 Å². The second-order valence-electron chi connectivity index (χ2n) is 5.54. The number of hydrogen-bond acceptors (Lipinski definition) is 6. The SMILES string of the molecule is CC(=O)N[C@@H]1C(N=[N+]=[N-])C=C(C(=O)O)O[C@H]1CNOCc1ccccc1. The van der Waals surface area contributed by atoms with E-state index in [1.54, 1.807) is 0 Å². The molecule has 0 saturated heterocycles. The number of amides is 1. The Morgan fingerprint density at radius 3 is 2.73 bits per heavy atom. The van der Waals surface area contributed by atoms with Crippen LogP contribution in [0, 0.1) is 0 Å². The molecule has 1 heterocycles. The van der Waals surface area contributed by atoms with E-state index in [2.05, 4.69) is 20.8 Å². The molecule has 1 amide bonds. The average Bonchev–Trinajstić information content (AvgIpc) is 2.61. The minimum absolute atomic E-state index is 0.0693. The highest BCUT2D eigenvalue weighted by atomic mass is 16.6. The van der Waals surface area contributed by atoms with Crippen LogP contribution < -0.4 is 10.8 Å². The number of carbonyl (C=O) groups is 2. The van der Waals surface area contributed by atoms with Crippen molar-refractivity contribution in [1.82, 2.24) is 10.8 Å². The van der Waals surface area contributed by atoms with Gasteiger partial charge in [-0.15, -0.1) is 0 Å². The van der Waals surface area contributed by atoms with Gasteiger partial charge in [0.1, 0.15) is 6.10 Å². The summed E-state index contributed by atoms with van der Waals surface area (Å²) in [5.41, 5.74) is 12.4. The van der Waals surface area contributed by atoms with Crippen molar-refractivity contribution in [2.45, 2.75) is 31.7 Å². The maximum atomic E-state index is 11.4. The van der Waals surface area contributed by atoms with Crippen molar-refractivity contribution >= 4 is 11.9 Å². The first kappa shape index (κ1) is 19.3. The Balaban J connectivity index is 2.04. The normalized spacial score (nSPS) is 21.7. The highest BCUT2D eigenvalue weighted by Crippen LogP contribution is 2.21. The van der Waals surface area contributed by atoms with E-state index in [0.717, 1.165) is 5.56 Å². The molecule has 0 aliphatic carbocycles. The van der Waals surface area contributed by atoms with E-state index < -0.39 is 24.2 Å². The number of benzene rings is 1. The smallest absolute Gasteiger partial charge is 0.370 e. The van der Waals surface area contributed by atoms with E-state index in [1.807, 2.05) is 30.3 Å². The maximum absolute atomic E-state index is 11.4. The van der Waals surface area contributed by atoms with Gasteiger partial charge in [0, 0.05) is 11.8 Å². The molecule has 1 aromatic rings. The van der Waals surface area contributed by atoms with E-state index in [1.165, 1.54) is 13.0 Å². The zero-order valence-corrected chi connectivity index (χ0v) is 14.0. The fourth-order valence-electron chi connectivity index (χ4n) is 2.47. The first-order chi connectivity index (χ1) is 12.5. The number of hydrogen-bond donors (Lipinski definition) is 3. The molecule has 0 saturated carbocycles. The minimum Gasteiger partial charge on any atom is -0.480 e. The molecule has 26 heavy (non-hydrogen) atoms. The van der Waals surface area contributed by atoms with Crippen molar-refractivity contribution in [3.05, 3.63) is 58.2 Å². The molecule has 10 nitrogen and oxygen atoms in total. The van der Waals surface area contributed by atoms with Crippen LogP contribution in [-0.4, -0.2) is 41.7 Å². The van der Waals surface area contributed by atoms with Crippen molar-refractivity contribution in [2.24, 2.45) is 5.11 Å². The molecule has 0 bridgehead atoms. The van der Waals surface area contributed by atoms with Crippen LogP contribution in [-0.2, 0) is 25.8 Å². The standard InChI is InChI=1S/C16H19N5O5/c1-10(22)19-15-12(20-21-17)7-13(16(23)24)26-14(15)8-18-25-9-11-5-3-2-4-6-11/h2-7,12,14-15,18H,8-9H2,1H3,(H,19,22)(H,23,24)/t12?,14-,15+/m0/s1. The average molecular weight is 361 g/mol. The summed E-state index contributed by atoms with van der Waals surface area (Å²) in [5.74, 6) is -2.00. The maximum Gasteiger partial charge on any atom is 0.370 e. The lowest BCUT2D eigenvalue weighted by atomic mass is 9.98. The Labute approximate surface area is 149 Å². The van der Waals surface area contributed by atoms with Crippen LogP contribution in [0.5, 0.6) is 0 Å². The van der Waals surface area contributed by atoms with Gasteiger partial charge in [-0.1, -0.05) is 35.4 Å². The van der Waals surface area contributed by atoms with Crippen LogP contribution in [0.1, 0.15) is 12.5 Å². The van der Waals surface area contributed by atoms with Gasteiger partial charge in [0.15, 0.2) is 0 Å². The molecule has 1 unspecified atom stereocenters. The van der Waals surface area contributed by atoms with Crippen LogP contribution in [0.25, 0.3) is 10.4 Å². The number of aliphatic carboxylic acids is 1. The van der Waals surface area contributed by atoms with Crippen LogP contribution in [0.3, 0.4) is 0 Å². The Morgan fingerprint density at radius 2 is 2.12 bits per heavy atom. The Morgan fingerprint density at radius 1 is 1.38 bits per heavy atom. The molecule has 1 aromatic carbocycles. The summed E-state index contributed by atoms with van der Waals surface area (Å²) < 4.78 is 5.41. The first-order valence-corrected chi connectivity index (χ1v) is 7.83. The van der Waals surface area contributed by atoms with Gasteiger partial charge in [-0.05, 0) is 17.2 Å². The summed E-state index contributed by atoms with van der Waals surface area (Å²) >= 11 is 0. The van der Waals surface area contributed by atoms with Gasteiger partial charge >= 0.3 is 5.97 Å². The number of rotatable bonds is 8. The molecule has 10 heteroatoms. The molecule has 3 N–H and O–H groups in total. The molecule has 1 aliphatic heterocycles. The third kappa shape index (κ3) is 5.49. The number of ether oxygens (including phenoxy) is 1. The molecule has 3 atom stereocenters. The van der Waals surface area contributed by atoms with Gasteiger partial charge in [-0.2, -0.15) is 5.48 Å². The number of hydroxylamine groups is 1. The van der Waals surface area contributed by atoms with Gasteiger partial charge in [-0.3, -0.25) is 9.63 Å². The molecule has 0 spiro atoms. The van der Waals surface area contributed by atoms with Crippen LogP contribution in [0.4, 0.5) is 0 Å². The monoisotopic (exact) mass is 361 g/mol. The molecular weight excluding hydrogens is 342 g/mol. The fourth-order valence-corrected chi connectivity index (χ4v) is 2.47. The summed E-state index contributed by atoms with van der Waals surface area (Å²) in [6.07, 6.45) is 0.366. The zero-order valence-electron chi connectivity index (χ0n) is 14.0. The summed E-state index contributed by atoms with van der Waals surface area (Å²) in [4.78, 5) is 30.7. The largest absolute Gasteiger partial charge is 0.480 e. The molecule has 138 valence electrons. The summed E-state index contributed by atoms with van der Waals surface area (Å²) in [6.45, 7) is 1.67. The van der Waals surface area contributed by atoms with Gasteiger partial charge in [0.2, 0.25) is 11.7 Å². The quantitative estimate of drug-likeness (QED) is 0.209. The second-order valence-corrected chi connectivity index (χ2v) is 5.54. The Hall–Kier alpha value is -3.07. The molecule has 0 aromatic heterocycles. The Kier molecular flexibility index (Phi) is 6.98. The van der Waals surface area contributed by atoms with Gasteiger partial charge in [0.05, 0.1) is 25.2 Å². The summed E-state index contributed by atoms with van der Waals surface area (Å²) in [7, 11) is 0. The molecule has 1 aliphatic rings. The lowest BCUT2D eigenvalue weighted by Crippen LogP contribution is -2.55. The topological polar surface area (TPSA) is 146 Å². The van der Waals surface area contributed by atoms with Crippen molar-refractivity contribution < 1.29 is 24.3 Å². The zero-order chi connectivity index (χ0) is 18.9. The predicted octanol–water partition coefficient (Wildman–Crippen LogP) is 1.26. The summed E-state index contributed by atoms with van der Waals surface area (Å²) in [6, 6.07) is 7.79. The van der Waals surface area contributed by atoms with E-state index in [4.69, 9.17) is 20.2 Å². The number of nitrogens with zero attached hydrogens (tertiary/aromatic N) is 3. The van der Waals surface area contributed by atoms with Gasteiger partial charge in [-0.25, -0.2) is 4.79 Å². The van der Waals surface area contributed by atoms with E-state index in [-0.39, 0.29) is 18.2 Å². The number of carbonyl (C=O) groups excluding carboxylic acids is 1. The highest BCUT2D eigenvalue weighted by Gasteiger charge is 2.37. The predicted molar refractivity (Wildman–Crippen MR) is 90.4 cm³/mol. The lowest BCUT2D eigenvalue weighted by molar-refractivity contribution is -0.139. The lowest BCUT2D eigenvalue weighted by Gasteiger charge is -2.34. The van der Waals surface area contributed by atoms with Crippen molar-refractivity contribution in [1.29, 1.82) is 0 Å². The minimum atomic E-state index is -1.29. The Bertz CT molecular complexity index is 717. The second kappa shape index (κ2) is 9.42. The number of azide groups is 1. The molecule has 2 rings (SSSR count). The van der Waals surface area contributed by atoms with Crippen molar-refractivity contribution in [3.8, 4) is 0 Å². The highest BCUT2D eigenvalue weighted by molar-refractivity contribution is 5.84. The molecule has 0 radical (unpaired) electrons. The molecular formula is C16H19N5O5. The van der Waals surface area contributed by atoms with Gasteiger partial charge < -0.3 is 15.2 Å². The first-order valence-electron chi connectivity index (χ1n) is 7.83. The van der Waals surface area contributed by atoms with Crippen LogP contribution >= 0.6 is 0 Å². The third-order valence-corrected chi connectivity index (χ3v) is 3.60. The fraction of sp³-hybridized carbons (Fsp3) is 0.375. The third-order valence-electron chi connectivity index (χ3n) is 3.60. The van der Waals surface area contributed by atoms with E-state index in [0.29, 0.717) is 6.61 Å². The number of carboxylic acids is 1. The van der Waals surface area contributed by atoms with Crippen molar-refractivity contribution in [3.63, 3.8) is 0 Å². The van der Waals surface area contributed by atoms with Crippen LogP contribution in [0.2, 0.25) is 0 Å². The van der Waals surface area contributed by atoms with Crippen LogP contribution in [0.15, 0.2) is 47.3 Å². The number of carboxylic acid groups (broad SMARTS) is 1. The number of nitrogens with one attached hydrogen (secondary N) is 2.